The molecule has 0 radical (unpaired) electrons. The summed E-state index contributed by atoms with van der Waals surface area (Å²) in [6, 6.07) is 67.2. The van der Waals surface area contributed by atoms with Gasteiger partial charge < -0.3 is 14.2 Å². The maximum atomic E-state index is 2.56. The normalized spacial score (nSPS) is 11.8. The van der Waals surface area contributed by atoms with Crippen LogP contribution in [0.3, 0.4) is 0 Å². The van der Waals surface area contributed by atoms with Gasteiger partial charge in [0.05, 0.1) is 27.9 Å². The second-order valence-electron chi connectivity index (χ2n) is 15.2. The fourth-order valence-electron chi connectivity index (χ4n) is 9.01. The van der Waals surface area contributed by atoms with Crippen LogP contribution in [0.15, 0.2) is 182 Å². The van der Waals surface area contributed by atoms with Gasteiger partial charge in [0, 0.05) is 55.1 Å². The molecule has 0 aliphatic rings. The van der Waals surface area contributed by atoms with Crippen LogP contribution in [0.1, 0.15) is 16.7 Å². The third-order valence-electron chi connectivity index (χ3n) is 11.6. The Hall–Kier alpha value is -7.10. The van der Waals surface area contributed by atoms with Gasteiger partial charge >= 0.3 is 0 Å². The zero-order valence-corrected chi connectivity index (χ0v) is 31.7. The molecule has 3 heteroatoms. The lowest BCUT2D eigenvalue weighted by atomic mass is 9.97. The van der Waals surface area contributed by atoms with Gasteiger partial charge in [-0.05, 0) is 92.2 Å². The third kappa shape index (κ3) is 4.84. The number of anilines is 6. The van der Waals surface area contributed by atoms with Crippen LogP contribution in [0.2, 0.25) is 0 Å². The lowest BCUT2D eigenvalue weighted by molar-refractivity contribution is 1.29. The van der Waals surface area contributed by atoms with Gasteiger partial charge in [-0.15, -0.1) is 0 Å². The van der Waals surface area contributed by atoms with E-state index in [1.165, 1.54) is 87.7 Å². The van der Waals surface area contributed by atoms with E-state index in [0.717, 1.165) is 22.7 Å². The lowest BCUT2D eigenvalue weighted by Gasteiger charge is -2.29. The quantitative estimate of drug-likeness (QED) is 0.170. The van der Waals surface area contributed by atoms with Crippen molar-refractivity contribution in [1.29, 1.82) is 0 Å². The summed E-state index contributed by atoms with van der Waals surface area (Å²) in [5.41, 5.74) is 14.3. The second-order valence-corrected chi connectivity index (χ2v) is 15.2. The molecule has 0 bridgehead atoms. The molecule has 0 spiro atoms. The molecule has 11 rings (SSSR count). The largest absolute Gasteiger partial charge is 0.309 e. The molecular formula is C53H39N3. The average molecular weight is 718 g/mol. The average Bonchev–Trinajstić information content (AvgIpc) is 3.75. The smallest absolute Gasteiger partial charge is 0.0640 e. The van der Waals surface area contributed by atoms with E-state index in [9.17, 15) is 0 Å². The highest BCUT2D eigenvalue weighted by atomic mass is 15.2. The molecule has 0 unspecified atom stereocenters. The van der Waals surface area contributed by atoms with Crippen LogP contribution >= 0.6 is 0 Å². The SMILES string of the molecule is Cc1ccc(N(c2ccccc2)c2c3ccccc3cc3c2c2cccc4c5c(N(c6ccc(C)cc6)c6ccc(C)cc6)c6ccccc6cc5n3c24)cc1. The minimum atomic E-state index is 1.13. The van der Waals surface area contributed by atoms with E-state index >= 15 is 0 Å². The molecule has 3 nitrogen and oxygen atoms in total. The van der Waals surface area contributed by atoms with Crippen molar-refractivity contribution in [3.8, 4) is 0 Å². The van der Waals surface area contributed by atoms with Crippen molar-refractivity contribution < 1.29 is 0 Å². The fourth-order valence-corrected chi connectivity index (χ4v) is 9.01. The zero-order valence-electron chi connectivity index (χ0n) is 31.7. The highest BCUT2D eigenvalue weighted by molar-refractivity contribution is 6.33. The summed E-state index contributed by atoms with van der Waals surface area (Å²) in [6.45, 7) is 6.47. The first-order valence-corrected chi connectivity index (χ1v) is 19.4. The third-order valence-corrected chi connectivity index (χ3v) is 11.6. The van der Waals surface area contributed by atoms with Crippen molar-refractivity contribution in [2.24, 2.45) is 0 Å². The van der Waals surface area contributed by atoms with E-state index in [4.69, 9.17) is 0 Å². The Balaban J connectivity index is 1.33. The summed E-state index contributed by atoms with van der Waals surface area (Å²) < 4.78 is 2.56. The standard InChI is InChI=1S/C53H39N3/c1-34-20-26-40(27-21-34)54(39-14-5-4-6-15-39)52-43-16-9-7-12-37(43)32-47-49(52)45-18-11-19-46-50-48(56(47)51(45)46)33-38-13-8-10-17-44(38)53(50)55(41-28-22-35(2)23-29-41)42-30-24-36(3)25-31-42/h4-33H,1-3H3. The van der Waals surface area contributed by atoms with Crippen LogP contribution in [0, 0.1) is 20.8 Å². The van der Waals surface area contributed by atoms with E-state index in [-0.39, 0.29) is 0 Å². The molecule has 0 aliphatic carbocycles. The maximum Gasteiger partial charge on any atom is 0.0640 e. The number of rotatable bonds is 6. The summed E-state index contributed by atoms with van der Waals surface area (Å²) in [5, 5.41) is 9.85. The summed E-state index contributed by atoms with van der Waals surface area (Å²) in [6.07, 6.45) is 0. The van der Waals surface area contributed by atoms with E-state index in [1.54, 1.807) is 0 Å². The van der Waals surface area contributed by atoms with Crippen LogP contribution in [0.5, 0.6) is 0 Å². The first-order chi connectivity index (χ1) is 27.5. The lowest BCUT2D eigenvalue weighted by Crippen LogP contribution is -2.11. The molecule has 2 heterocycles. The van der Waals surface area contributed by atoms with Crippen molar-refractivity contribution in [1.82, 2.24) is 4.40 Å². The summed E-state index contributed by atoms with van der Waals surface area (Å²) >= 11 is 0. The minimum absolute atomic E-state index is 1.13. The van der Waals surface area contributed by atoms with Gasteiger partial charge in [-0.25, -0.2) is 0 Å². The maximum absolute atomic E-state index is 2.56. The molecule has 0 amide bonds. The number of aromatic nitrogens is 1. The van der Waals surface area contributed by atoms with Crippen LogP contribution in [0.4, 0.5) is 34.1 Å². The second kappa shape index (κ2) is 12.5. The molecule has 11 aromatic rings. The van der Waals surface area contributed by atoms with Gasteiger partial charge in [0.15, 0.2) is 0 Å². The first kappa shape index (κ1) is 32.3. The Labute approximate surface area is 326 Å². The molecule has 0 saturated heterocycles. The van der Waals surface area contributed by atoms with E-state index < -0.39 is 0 Å². The molecule has 0 atom stereocenters. The molecule has 2 aromatic heterocycles. The first-order valence-electron chi connectivity index (χ1n) is 19.4. The molecule has 0 fully saturated rings. The molecule has 266 valence electrons. The van der Waals surface area contributed by atoms with Gasteiger partial charge in [-0.1, -0.05) is 138 Å². The molecule has 0 saturated carbocycles. The number of benzene rings is 9. The Kier molecular flexibility index (Phi) is 7.20. The van der Waals surface area contributed by atoms with E-state index in [2.05, 4.69) is 217 Å². The summed E-state index contributed by atoms with van der Waals surface area (Å²) in [7, 11) is 0. The number of aryl methyl sites for hydroxylation is 3. The highest BCUT2D eigenvalue weighted by Crippen LogP contribution is 2.53. The van der Waals surface area contributed by atoms with Gasteiger partial charge in [0.1, 0.15) is 0 Å². The fraction of sp³-hybridized carbons (Fsp3) is 0.0566. The number of hydrogen-bond donors (Lipinski definition) is 0. The summed E-state index contributed by atoms with van der Waals surface area (Å²) in [5.74, 6) is 0. The Morgan fingerprint density at radius 3 is 1.12 bits per heavy atom. The van der Waals surface area contributed by atoms with Crippen molar-refractivity contribution in [2.45, 2.75) is 20.8 Å². The predicted molar refractivity (Wildman–Crippen MR) is 240 cm³/mol. The van der Waals surface area contributed by atoms with Crippen molar-refractivity contribution in [3.05, 3.63) is 199 Å². The molecule has 0 aliphatic heterocycles. The van der Waals surface area contributed by atoms with Crippen molar-refractivity contribution >= 4 is 93.8 Å². The van der Waals surface area contributed by atoms with Crippen LogP contribution in [-0.4, -0.2) is 4.40 Å². The molecule has 0 N–H and O–H groups in total. The van der Waals surface area contributed by atoms with Crippen molar-refractivity contribution in [2.75, 3.05) is 9.80 Å². The zero-order chi connectivity index (χ0) is 37.5. The minimum Gasteiger partial charge on any atom is -0.309 e. The van der Waals surface area contributed by atoms with Gasteiger partial charge in [0.2, 0.25) is 0 Å². The Bertz CT molecular complexity index is 3200. The number of nitrogens with zero attached hydrogens (tertiary/aromatic N) is 3. The number of fused-ring (bicyclic) bond motifs is 8. The predicted octanol–water partition coefficient (Wildman–Crippen LogP) is 15.0. The Morgan fingerprint density at radius 2 is 0.696 bits per heavy atom. The van der Waals surface area contributed by atoms with Crippen LogP contribution in [0.25, 0.3) is 59.6 Å². The van der Waals surface area contributed by atoms with Crippen LogP contribution < -0.4 is 9.80 Å². The Morgan fingerprint density at radius 1 is 0.339 bits per heavy atom. The molecular weight excluding hydrogens is 679 g/mol. The monoisotopic (exact) mass is 717 g/mol. The summed E-state index contributed by atoms with van der Waals surface area (Å²) in [4.78, 5) is 4.94. The van der Waals surface area contributed by atoms with Gasteiger partial charge in [0.25, 0.3) is 0 Å². The van der Waals surface area contributed by atoms with E-state index in [0.29, 0.717) is 0 Å². The number of para-hydroxylation sites is 2. The number of hydrogen-bond acceptors (Lipinski definition) is 2. The molecule has 9 aromatic carbocycles. The topological polar surface area (TPSA) is 10.9 Å². The van der Waals surface area contributed by atoms with Crippen molar-refractivity contribution in [3.63, 3.8) is 0 Å². The van der Waals surface area contributed by atoms with E-state index in [1.807, 2.05) is 0 Å². The highest BCUT2D eigenvalue weighted by Gasteiger charge is 2.28. The van der Waals surface area contributed by atoms with Gasteiger partial charge in [-0.3, -0.25) is 0 Å². The van der Waals surface area contributed by atoms with Crippen LogP contribution in [-0.2, 0) is 0 Å². The van der Waals surface area contributed by atoms with Gasteiger partial charge in [-0.2, -0.15) is 0 Å². The molecule has 56 heavy (non-hydrogen) atoms.